The van der Waals surface area contributed by atoms with Gasteiger partial charge < -0.3 is 9.30 Å². The van der Waals surface area contributed by atoms with Crippen LogP contribution in [0.1, 0.15) is 30.3 Å². The molecular weight excluding hydrogens is 678 g/mol. The van der Waals surface area contributed by atoms with Gasteiger partial charge >= 0.3 is 5.97 Å². The number of nitrogens with zero attached hydrogens (tertiary/aromatic N) is 3. The van der Waals surface area contributed by atoms with E-state index >= 15 is 0 Å². The molecule has 3 aromatic carbocycles. The van der Waals surface area contributed by atoms with Crippen molar-refractivity contribution in [3.63, 3.8) is 0 Å². The highest BCUT2D eigenvalue weighted by Crippen LogP contribution is 2.37. The van der Waals surface area contributed by atoms with Gasteiger partial charge in [-0.1, -0.05) is 94.0 Å². The summed E-state index contributed by atoms with van der Waals surface area (Å²) in [5.74, 6) is -0.457. The van der Waals surface area contributed by atoms with Crippen LogP contribution < -0.4 is 14.9 Å². The average Bonchev–Trinajstić information content (AvgIpc) is 3.81. The summed E-state index contributed by atoms with van der Waals surface area (Å²) in [6.07, 6.45) is 1.96. The minimum atomic E-state index is -0.613. The number of halogens is 1. The van der Waals surface area contributed by atoms with Crippen LogP contribution in [0.4, 0.5) is 0 Å². The Labute approximate surface area is 282 Å². The number of hydrogen-bond donors (Lipinski definition) is 0. The Bertz CT molecular complexity index is 2270. The number of aromatic nitrogens is 2. The summed E-state index contributed by atoms with van der Waals surface area (Å²) in [7, 11) is 0. The van der Waals surface area contributed by atoms with Gasteiger partial charge in [-0.3, -0.25) is 9.36 Å². The Balaban J connectivity index is 1.50. The summed E-state index contributed by atoms with van der Waals surface area (Å²) < 4.78 is 10.8. The second kappa shape index (κ2) is 12.7. The van der Waals surface area contributed by atoms with Crippen molar-refractivity contribution in [2.24, 2.45) is 4.99 Å². The van der Waals surface area contributed by atoms with Gasteiger partial charge in [-0.25, -0.2) is 9.79 Å². The van der Waals surface area contributed by atoms with E-state index in [0.717, 1.165) is 43.1 Å². The molecule has 0 saturated carbocycles. The van der Waals surface area contributed by atoms with Gasteiger partial charge in [0.15, 0.2) is 4.80 Å². The standard InChI is InChI=1S/C37H28BrN3O3S2/c1-3-44-36(43)32-23(2)39-37-41(34(32)30-15-10-20-45-30)35(42)31(46-37)22-26-21-29(24-11-6-4-7-12-24)40(28-18-16-27(38)17-19-28)33(26)25-13-8-5-9-14-25/h4-22,34H,3H2,1-2H3/b31-22-/t34-/m1/s1. The molecule has 4 heterocycles. The van der Waals surface area contributed by atoms with Crippen molar-refractivity contribution >= 4 is 50.6 Å². The SMILES string of the molecule is CCOC(=O)C1=C(C)N=c2s/c(=C\c3cc(-c4ccccc4)n(-c4ccc(Br)cc4)c3-c3ccccc3)c(=O)n2[C@@H]1c1cccs1. The molecule has 1 aliphatic rings. The number of fused-ring (bicyclic) bond motifs is 1. The molecule has 0 saturated heterocycles. The predicted octanol–water partition coefficient (Wildman–Crippen LogP) is 7.75. The van der Waals surface area contributed by atoms with Crippen LogP contribution >= 0.6 is 38.6 Å². The third kappa shape index (κ3) is 5.44. The van der Waals surface area contributed by atoms with Crippen molar-refractivity contribution in [1.29, 1.82) is 0 Å². The normalized spacial score (nSPS) is 14.7. The van der Waals surface area contributed by atoms with Crippen molar-refractivity contribution in [3.05, 3.63) is 154 Å². The molecule has 46 heavy (non-hydrogen) atoms. The Morgan fingerprint density at radius 1 is 0.957 bits per heavy atom. The van der Waals surface area contributed by atoms with Crippen molar-refractivity contribution in [2.45, 2.75) is 19.9 Å². The van der Waals surface area contributed by atoms with Crippen molar-refractivity contribution in [3.8, 4) is 28.2 Å². The molecule has 7 rings (SSSR count). The second-order valence-corrected chi connectivity index (χ2v) is 13.6. The van der Waals surface area contributed by atoms with Gasteiger partial charge in [0, 0.05) is 20.6 Å². The van der Waals surface area contributed by atoms with E-state index in [-0.39, 0.29) is 12.2 Å². The van der Waals surface area contributed by atoms with Crippen LogP contribution in [-0.4, -0.2) is 21.7 Å². The number of rotatable bonds is 7. The molecule has 0 radical (unpaired) electrons. The lowest BCUT2D eigenvalue weighted by Crippen LogP contribution is -2.39. The van der Waals surface area contributed by atoms with Crippen molar-refractivity contribution in [2.75, 3.05) is 6.61 Å². The lowest BCUT2D eigenvalue weighted by atomic mass is 10.0. The Kier molecular flexibility index (Phi) is 8.29. The molecule has 6 nitrogen and oxygen atoms in total. The maximum absolute atomic E-state index is 14.4. The van der Waals surface area contributed by atoms with E-state index in [9.17, 15) is 9.59 Å². The zero-order chi connectivity index (χ0) is 31.8. The number of esters is 1. The topological polar surface area (TPSA) is 65.6 Å². The number of thiophene rings is 1. The van der Waals surface area contributed by atoms with Crippen LogP contribution in [0.5, 0.6) is 0 Å². The van der Waals surface area contributed by atoms with Gasteiger partial charge in [0.1, 0.15) is 6.04 Å². The third-order valence-electron chi connectivity index (χ3n) is 7.85. The van der Waals surface area contributed by atoms with Gasteiger partial charge in [-0.05, 0) is 72.8 Å². The molecule has 9 heteroatoms. The molecule has 0 spiro atoms. The highest BCUT2D eigenvalue weighted by molar-refractivity contribution is 9.10. The summed E-state index contributed by atoms with van der Waals surface area (Å²) in [5.41, 5.74) is 6.67. The minimum Gasteiger partial charge on any atom is -0.463 e. The smallest absolute Gasteiger partial charge is 0.338 e. The quantitative estimate of drug-likeness (QED) is 0.160. The van der Waals surface area contributed by atoms with Crippen LogP contribution in [0.15, 0.2) is 134 Å². The summed E-state index contributed by atoms with van der Waals surface area (Å²) in [6.45, 7) is 3.82. The molecule has 228 valence electrons. The third-order valence-corrected chi connectivity index (χ3v) is 10.3. The van der Waals surface area contributed by atoms with Gasteiger partial charge in [-0.15, -0.1) is 11.3 Å². The van der Waals surface area contributed by atoms with Crippen LogP contribution in [0.25, 0.3) is 34.3 Å². The first-order chi connectivity index (χ1) is 22.4. The zero-order valence-corrected chi connectivity index (χ0v) is 28.2. The monoisotopic (exact) mass is 705 g/mol. The van der Waals surface area contributed by atoms with Gasteiger partial charge in [0.05, 0.1) is 33.8 Å². The summed E-state index contributed by atoms with van der Waals surface area (Å²) in [6, 6.07) is 34.1. The summed E-state index contributed by atoms with van der Waals surface area (Å²) >= 11 is 6.42. The molecule has 0 fully saturated rings. The predicted molar refractivity (Wildman–Crippen MR) is 189 cm³/mol. The van der Waals surface area contributed by atoms with Crippen LogP contribution in [-0.2, 0) is 9.53 Å². The van der Waals surface area contributed by atoms with E-state index in [4.69, 9.17) is 9.73 Å². The number of benzene rings is 3. The first-order valence-electron chi connectivity index (χ1n) is 14.8. The molecule has 0 bridgehead atoms. The first kappa shape index (κ1) is 30.1. The lowest BCUT2D eigenvalue weighted by molar-refractivity contribution is -0.139. The highest BCUT2D eigenvalue weighted by atomic mass is 79.9. The van der Waals surface area contributed by atoms with E-state index < -0.39 is 12.0 Å². The number of carbonyl (C=O) groups excluding carboxylic acids is 1. The largest absolute Gasteiger partial charge is 0.463 e. The van der Waals surface area contributed by atoms with Crippen LogP contribution in [0.2, 0.25) is 0 Å². The fraction of sp³-hybridized carbons (Fsp3) is 0.108. The molecule has 3 aromatic heterocycles. The number of thiazole rings is 1. The fourth-order valence-electron chi connectivity index (χ4n) is 5.86. The molecule has 0 unspecified atom stereocenters. The molecule has 0 N–H and O–H groups in total. The number of ether oxygens (including phenoxy) is 1. The van der Waals surface area contributed by atoms with E-state index in [2.05, 4.69) is 63.0 Å². The summed E-state index contributed by atoms with van der Waals surface area (Å²) in [5, 5.41) is 1.95. The van der Waals surface area contributed by atoms with Gasteiger partial charge in [0.25, 0.3) is 5.56 Å². The Morgan fingerprint density at radius 2 is 1.65 bits per heavy atom. The van der Waals surface area contributed by atoms with Crippen molar-refractivity contribution in [1.82, 2.24) is 9.13 Å². The Hall–Kier alpha value is -4.57. The lowest BCUT2D eigenvalue weighted by Gasteiger charge is -2.23. The molecule has 1 aliphatic heterocycles. The maximum atomic E-state index is 14.4. The molecule has 0 aliphatic carbocycles. The van der Waals surface area contributed by atoms with Crippen LogP contribution in [0.3, 0.4) is 0 Å². The van der Waals surface area contributed by atoms with E-state index in [0.29, 0.717) is 20.6 Å². The van der Waals surface area contributed by atoms with Crippen molar-refractivity contribution < 1.29 is 9.53 Å². The maximum Gasteiger partial charge on any atom is 0.338 e. The minimum absolute atomic E-state index is 0.201. The molecule has 6 aromatic rings. The molecule has 0 amide bonds. The number of hydrogen-bond acceptors (Lipinski definition) is 6. The molecule has 1 atom stereocenters. The highest BCUT2D eigenvalue weighted by Gasteiger charge is 2.34. The van der Waals surface area contributed by atoms with E-state index in [1.807, 2.05) is 79.0 Å². The van der Waals surface area contributed by atoms with Gasteiger partial charge in [-0.2, -0.15) is 0 Å². The average molecular weight is 707 g/mol. The molecular formula is C37H28BrN3O3S2. The number of carbonyl (C=O) groups is 1. The first-order valence-corrected chi connectivity index (χ1v) is 17.3. The summed E-state index contributed by atoms with van der Waals surface area (Å²) in [4.78, 5) is 33.8. The second-order valence-electron chi connectivity index (χ2n) is 10.7. The Morgan fingerprint density at radius 3 is 2.30 bits per heavy atom. The van der Waals surface area contributed by atoms with Gasteiger partial charge in [0.2, 0.25) is 0 Å². The van der Waals surface area contributed by atoms with Crippen LogP contribution in [0, 0.1) is 0 Å². The van der Waals surface area contributed by atoms with E-state index in [1.165, 1.54) is 22.7 Å². The fourth-order valence-corrected chi connectivity index (χ4v) is 7.99. The zero-order valence-electron chi connectivity index (χ0n) is 25.0. The number of allylic oxidation sites excluding steroid dienone is 1. The van der Waals surface area contributed by atoms with E-state index in [1.54, 1.807) is 11.5 Å².